The predicted molar refractivity (Wildman–Crippen MR) is 112 cm³/mol. The van der Waals surface area contributed by atoms with E-state index in [0.717, 1.165) is 43.7 Å². The highest BCUT2D eigenvalue weighted by molar-refractivity contribution is 6.04. The maximum absolute atomic E-state index is 12.4. The van der Waals surface area contributed by atoms with E-state index in [-0.39, 0.29) is 12.5 Å². The average Bonchev–Trinajstić information content (AvgIpc) is 2.68. The molecule has 150 valence electrons. The Morgan fingerprint density at radius 2 is 1.46 bits per heavy atom. The third-order valence-corrected chi connectivity index (χ3v) is 4.36. The normalized spacial score (nSPS) is 10.7. The van der Waals surface area contributed by atoms with E-state index in [4.69, 9.17) is 5.11 Å². The zero-order valence-corrected chi connectivity index (χ0v) is 16.6. The van der Waals surface area contributed by atoms with E-state index in [1.165, 1.54) is 5.56 Å². The molecule has 0 saturated heterocycles. The first-order valence-corrected chi connectivity index (χ1v) is 9.70. The molecule has 3 N–H and O–H groups in total. The molecular formula is C22H29N3O3. The molecule has 2 aromatic rings. The van der Waals surface area contributed by atoms with Crippen LogP contribution in [-0.4, -0.2) is 35.1 Å². The number of amides is 2. The van der Waals surface area contributed by atoms with Gasteiger partial charge in [-0.25, -0.2) is 4.79 Å². The summed E-state index contributed by atoms with van der Waals surface area (Å²) in [6, 6.07) is 14.8. The number of carbonyl (C=O) groups is 2. The van der Waals surface area contributed by atoms with E-state index in [2.05, 4.69) is 41.5 Å². The lowest BCUT2D eigenvalue weighted by Crippen LogP contribution is -2.24. The third-order valence-electron chi connectivity index (χ3n) is 4.36. The van der Waals surface area contributed by atoms with Crippen molar-refractivity contribution < 1.29 is 14.7 Å². The van der Waals surface area contributed by atoms with Gasteiger partial charge >= 0.3 is 6.09 Å². The molecule has 0 bridgehead atoms. The highest BCUT2D eigenvalue weighted by atomic mass is 16.4. The molecule has 6 heteroatoms. The van der Waals surface area contributed by atoms with Crippen LogP contribution < -0.4 is 10.6 Å². The van der Waals surface area contributed by atoms with Gasteiger partial charge in [0.1, 0.15) is 0 Å². The number of hydrogen-bond donors (Lipinski definition) is 3. The van der Waals surface area contributed by atoms with Gasteiger partial charge in [-0.3, -0.25) is 9.69 Å². The van der Waals surface area contributed by atoms with Crippen LogP contribution in [-0.2, 0) is 13.1 Å². The SMILES string of the molecule is CCCN(CCC)Cc1ccc(NC(=O)c2ccc(CNC(=O)O)cc2)cc1. The third kappa shape index (κ3) is 7.04. The summed E-state index contributed by atoms with van der Waals surface area (Å²) in [6.07, 6.45) is 1.20. The summed E-state index contributed by atoms with van der Waals surface area (Å²) in [5.74, 6) is -0.191. The van der Waals surface area contributed by atoms with E-state index in [9.17, 15) is 9.59 Å². The summed E-state index contributed by atoms with van der Waals surface area (Å²) in [6.45, 7) is 7.69. The molecule has 0 heterocycles. The minimum absolute atomic E-state index is 0.191. The number of anilines is 1. The van der Waals surface area contributed by atoms with Crippen molar-refractivity contribution in [2.45, 2.75) is 39.8 Å². The van der Waals surface area contributed by atoms with Gasteiger partial charge in [-0.05, 0) is 61.3 Å². The largest absolute Gasteiger partial charge is 0.465 e. The second-order valence-electron chi connectivity index (χ2n) is 6.78. The molecule has 0 saturated carbocycles. The van der Waals surface area contributed by atoms with Gasteiger partial charge in [-0.15, -0.1) is 0 Å². The number of hydrogen-bond acceptors (Lipinski definition) is 3. The molecular weight excluding hydrogens is 354 g/mol. The molecule has 0 aromatic heterocycles. The molecule has 0 fully saturated rings. The first kappa shape index (κ1) is 21.4. The van der Waals surface area contributed by atoms with Crippen molar-refractivity contribution in [2.24, 2.45) is 0 Å². The Hall–Kier alpha value is -2.86. The number of nitrogens with zero attached hydrogens (tertiary/aromatic N) is 1. The average molecular weight is 383 g/mol. The maximum atomic E-state index is 12.4. The van der Waals surface area contributed by atoms with Crippen LogP contribution in [0.5, 0.6) is 0 Å². The van der Waals surface area contributed by atoms with E-state index >= 15 is 0 Å². The van der Waals surface area contributed by atoms with Crippen LogP contribution in [0.4, 0.5) is 10.5 Å². The van der Waals surface area contributed by atoms with Gasteiger partial charge in [0.2, 0.25) is 0 Å². The van der Waals surface area contributed by atoms with Gasteiger partial charge in [0, 0.05) is 24.3 Å². The quantitative estimate of drug-likeness (QED) is 0.570. The van der Waals surface area contributed by atoms with Crippen molar-refractivity contribution in [1.82, 2.24) is 10.2 Å². The molecule has 28 heavy (non-hydrogen) atoms. The standard InChI is InChI=1S/C22H29N3O3/c1-3-13-25(14-4-2)16-18-7-11-20(12-8-18)24-21(26)19-9-5-17(6-10-19)15-23-22(27)28/h5-12,23H,3-4,13-16H2,1-2H3,(H,24,26)(H,27,28). The second kappa shape index (κ2) is 11.1. The Balaban J connectivity index is 1.92. The van der Waals surface area contributed by atoms with Gasteiger partial charge in [-0.2, -0.15) is 0 Å². The number of carboxylic acid groups (broad SMARTS) is 1. The number of carbonyl (C=O) groups excluding carboxylic acids is 1. The molecule has 2 rings (SSSR count). The highest BCUT2D eigenvalue weighted by Gasteiger charge is 2.08. The van der Waals surface area contributed by atoms with Gasteiger partial charge in [0.15, 0.2) is 0 Å². The Morgan fingerprint density at radius 1 is 0.893 bits per heavy atom. The molecule has 0 aliphatic carbocycles. The zero-order chi connectivity index (χ0) is 20.4. The summed E-state index contributed by atoms with van der Waals surface area (Å²) in [7, 11) is 0. The van der Waals surface area contributed by atoms with Crippen molar-refractivity contribution >= 4 is 17.7 Å². The Bertz CT molecular complexity index is 752. The van der Waals surface area contributed by atoms with E-state index in [1.54, 1.807) is 24.3 Å². The zero-order valence-electron chi connectivity index (χ0n) is 16.6. The summed E-state index contributed by atoms with van der Waals surface area (Å²) >= 11 is 0. The van der Waals surface area contributed by atoms with E-state index in [1.807, 2.05) is 12.1 Å². The lowest BCUT2D eigenvalue weighted by Gasteiger charge is -2.21. The topological polar surface area (TPSA) is 81.7 Å². The molecule has 0 atom stereocenters. The smallest absolute Gasteiger partial charge is 0.404 e. The lowest BCUT2D eigenvalue weighted by atomic mass is 10.1. The Labute approximate surface area is 166 Å². The van der Waals surface area contributed by atoms with Gasteiger partial charge in [-0.1, -0.05) is 38.1 Å². The summed E-state index contributed by atoms with van der Waals surface area (Å²) < 4.78 is 0. The lowest BCUT2D eigenvalue weighted by molar-refractivity contribution is 0.102. The van der Waals surface area contributed by atoms with Gasteiger partial charge in [0.25, 0.3) is 5.91 Å². The molecule has 0 radical (unpaired) electrons. The van der Waals surface area contributed by atoms with Crippen molar-refractivity contribution in [3.63, 3.8) is 0 Å². The Morgan fingerprint density at radius 3 is 2.00 bits per heavy atom. The minimum atomic E-state index is -1.07. The summed E-state index contributed by atoms with van der Waals surface area (Å²) in [5, 5.41) is 13.8. The van der Waals surface area contributed by atoms with Crippen LogP contribution in [0.3, 0.4) is 0 Å². The molecule has 0 unspecified atom stereocenters. The van der Waals surface area contributed by atoms with Crippen LogP contribution in [0.1, 0.15) is 48.2 Å². The first-order valence-electron chi connectivity index (χ1n) is 9.70. The fraction of sp³-hybridized carbons (Fsp3) is 0.364. The molecule has 0 aliphatic rings. The van der Waals surface area contributed by atoms with Crippen LogP contribution in [0.25, 0.3) is 0 Å². The first-order chi connectivity index (χ1) is 13.5. The fourth-order valence-electron chi connectivity index (χ4n) is 3.01. The fourth-order valence-corrected chi connectivity index (χ4v) is 3.01. The van der Waals surface area contributed by atoms with E-state index < -0.39 is 6.09 Å². The van der Waals surface area contributed by atoms with Gasteiger partial charge < -0.3 is 15.7 Å². The molecule has 2 amide bonds. The Kier molecular flexibility index (Phi) is 8.49. The minimum Gasteiger partial charge on any atom is -0.465 e. The van der Waals surface area contributed by atoms with E-state index in [0.29, 0.717) is 5.56 Å². The number of benzene rings is 2. The van der Waals surface area contributed by atoms with Crippen LogP contribution in [0.2, 0.25) is 0 Å². The number of nitrogens with one attached hydrogen (secondary N) is 2. The predicted octanol–water partition coefficient (Wildman–Crippen LogP) is 4.33. The summed E-state index contributed by atoms with van der Waals surface area (Å²) in [4.78, 5) is 25.4. The van der Waals surface area contributed by atoms with Crippen molar-refractivity contribution in [3.8, 4) is 0 Å². The summed E-state index contributed by atoms with van der Waals surface area (Å²) in [5.41, 5.74) is 3.31. The molecule has 6 nitrogen and oxygen atoms in total. The molecule has 2 aromatic carbocycles. The van der Waals surface area contributed by atoms with Crippen LogP contribution in [0.15, 0.2) is 48.5 Å². The maximum Gasteiger partial charge on any atom is 0.404 e. The van der Waals surface area contributed by atoms with Gasteiger partial charge in [0.05, 0.1) is 0 Å². The second-order valence-corrected chi connectivity index (χ2v) is 6.78. The number of rotatable bonds is 10. The monoisotopic (exact) mass is 383 g/mol. The molecule has 0 aliphatic heterocycles. The van der Waals surface area contributed by atoms with Crippen LogP contribution >= 0.6 is 0 Å². The van der Waals surface area contributed by atoms with Crippen LogP contribution in [0, 0.1) is 0 Å². The van der Waals surface area contributed by atoms with Crippen molar-refractivity contribution in [1.29, 1.82) is 0 Å². The van der Waals surface area contributed by atoms with Crippen molar-refractivity contribution in [2.75, 3.05) is 18.4 Å². The highest BCUT2D eigenvalue weighted by Crippen LogP contribution is 2.14. The van der Waals surface area contributed by atoms with Crippen molar-refractivity contribution in [3.05, 3.63) is 65.2 Å². The molecule has 0 spiro atoms.